The summed E-state index contributed by atoms with van der Waals surface area (Å²) in [6.07, 6.45) is 0.342. The molecule has 0 spiro atoms. The average Bonchev–Trinajstić information content (AvgIpc) is 2.80. The Balaban J connectivity index is 1.76. The van der Waals surface area contributed by atoms with Gasteiger partial charge in [0.25, 0.3) is 0 Å². The van der Waals surface area contributed by atoms with Gasteiger partial charge in [0.05, 0.1) is 12.3 Å². The molecule has 0 aromatic heterocycles. The van der Waals surface area contributed by atoms with Crippen LogP contribution in [0.1, 0.15) is 69.4 Å². The van der Waals surface area contributed by atoms with Gasteiger partial charge in [-0.25, -0.2) is 0 Å². The van der Waals surface area contributed by atoms with Crippen LogP contribution < -0.4 is 10.6 Å². The van der Waals surface area contributed by atoms with Crippen LogP contribution in [0.3, 0.4) is 0 Å². The highest BCUT2D eigenvalue weighted by Crippen LogP contribution is 2.32. The van der Waals surface area contributed by atoms with Gasteiger partial charge in [0.15, 0.2) is 0 Å². The molecule has 3 aromatic rings. The van der Waals surface area contributed by atoms with Gasteiger partial charge in [0.2, 0.25) is 0 Å². The van der Waals surface area contributed by atoms with E-state index >= 15 is 0 Å². The fourth-order valence-corrected chi connectivity index (χ4v) is 4.52. The molecule has 0 fully saturated rings. The van der Waals surface area contributed by atoms with Crippen LogP contribution in [0.2, 0.25) is 0 Å². The molecule has 0 radical (unpaired) electrons. The van der Waals surface area contributed by atoms with Crippen LogP contribution >= 0.6 is 0 Å². The summed E-state index contributed by atoms with van der Waals surface area (Å²) < 4.78 is 0. The highest BCUT2D eigenvalue weighted by atomic mass is 15.3. The van der Waals surface area contributed by atoms with Crippen molar-refractivity contribution in [3.63, 3.8) is 0 Å². The molecule has 0 saturated heterocycles. The van der Waals surface area contributed by atoms with E-state index in [-0.39, 0.29) is 30.5 Å². The summed E-state index contributed by atoms with van der Waals surface area (Å²) in [5.74, 6) is 0. The highest BCUT2D eigenvalue weighted by Gasteiger charge is 2.28. The predicted molar refractivity (Wildman–Crippen MR) is 132 cm³/mol. The summed E-state index contributed by atoms with van der Waals surface area (Å²) in [6.45, 7) is 11.3. The van der Waals surface area contributed by atoms with Crippen LogP contribution in [0.4, 0.5) is 0 Å². The second-order valence-corrected chi connectivity index (χ2v) is 8.48. The monoisotopic (exact) mass is 415 g/mol. The number of benzene rings is 3. The summed E-state index contributed by atoms with van der Waals surface area (Å²) in [5, 5.41) is 7.50. The molecule has 5 atom stereocenters. The normalized spacial score (nSPS) is 16.5. The Labute approximate surface area is 188 Å². The third-order valence-corrected chi connectivity index (χ3v) is 6.20. The second-order valence-electron chi connectivity index (χ2n) is 8.48. The lowest BCUT2D eigenvalue weighted by Crippen LogP contribution is -2.53. The van der Waals surface area contributed by atoms with Crippen molar-refractivity contribution < 1.29 is 0 Å². The van der Waals surface area contributed by atoms with Gasteiger partial charge in [-0.3, -0.25) is 15.5 Å². The van der Waals surface area contributed by atoms with Gasteiger partial charge in [0.1, 0.15) is 0 Å². The van der Waals surface area contributed by atoms with Gasteiger partial charge in [-0.2, -0.15) is 0 Å². The van der Waals surface area contributed by atoms with Crippen molar-refractivity contribution in [1.82, 2.24) is 15.5 Å². The third kappa shape index (κ3) is 6.27. The maximum atomic E-state index is 3.80. The number of hydrogen-bond donors (Lipinski definition) is 2. The smallest absolute Gasteiger partial charge is 0.0590 e. The van der Waals surface area contributed by atoms with Crippen LogP contribution in [-0.4, -0.2) is 17.2 Å². The SMILES string of the molecule is CC(NC(C)c1ccccc1)NC(C)N(C(C)c1ccccc1)C(C)c1ccccc1. The van der Waals surface area contributed by atoms with Gasteiger partial charge in [0, 0.05) is 18.1 Å². The fraction of sp³-hybridized carbons (Fsp3) is 0.357. The molecule has 0 aliphatic rings. The van der Waals surface area contributed by atoms with Crippen molar-refractivity contribution in [2.75, 3.05) is 0 Å². The molecule has 2 N–H and O–H groups in total. The molecular weight excluding hydrogens is 378 g/mol. The largest absolute Gasteiger partial charge is 0.295 e. The first kappa shape index (κ1) is 23.2. The number of nitrogens with zero attached hydrogens (tertiary/aromatic N) is 1. The minimum absolute atomic E-state index is 0.165. The molecule has 5 unspecified atom stereocenters. The van der Waals surface area contributed by atoms with Gasteiger partial charge in [-0.15, -0.1) is 0 Å². The van der Waals surface area contributed by atoms with Gasteiger partial charge >= 0.3 is 0 Å². The molecule has 0 aliphatic carbocycles. The zero-order valence-corrected chi connectivity index (χ0v) is 19.5. The lowest BCUT2D eigenvalue weighted by Gasteiger charge is -2.41. The van der Waals surface area contributed by atoms with Crippen LogP contribution in [0.15, 0.2) is 91.0 Å². The Morgan fingerprint density at radius 2 is 0.903 bits per heavy atom. The van der Waals surface area contributed by atoms with Crippen molar-refractivity contribution in [3.05, 3.63) is 108 Å². The molecule has 0 saturated carbocycles. The number of hydrogen-bond acceptors (Lipinski definition) is 3. The topological polar surface area (TPSA) is 27.3 Å². The Morgan fingerprint density at radius 3 is 1.32 bits per heavy atom. The quantitative estimate of drug-likeness (QED) is 0.373. The van der Waals surface area contributed by atoms with E-state index in [2.05, 4.69) is 141 Å². The lowest BCUT2D eigenvalue weighted by molar-refractivity contribution is 0.0722. The fourth-order valence-electron chi connectivity index (χ4n) is 4.52. The van der Waals surface area contributed by atoms with E-state index < -0.39 is 0 Å². The zero-order chi connectivity index (χ0) is 22.2. The molecule has 3 rings (SSSR count). The first-order chi connectivity index (χ1) is 15.0. The van der Waals surface area contributed by atoms with Gasteiger partial charge in [-0.05, 0) is 51.3 Å². The lowest BCUT2D eigenvalue weighted by atomic mass is 10.0. The standard InChI is InChI=1S/C28H37N3/c1-21(26-15-9-6-10-16-26)29-24(4)30-25(5)31(22(2)27-17-11-7-12-18-27)23(3)28-19-13-8-14-20-28/h6-25,29-30H,1-5H3. The Morgan fingerprint density at radius 1 is 0.516 bits per heavy atom. The summed E-state index contributed by atoms with van der Waals surface area (Å²) >= 11 is 0. The van der Waals surface area contributed by atoms with Gasteiger partial charge in [-0.1, -0.05) is 91.0 Å². The van der Waals surface area contributed by atoms with E-state index in [0.717, 1.165) is 0 Å². The highest BCUT2D eigenvalue weighted by molar-refractivity contribution is 5.23. The first-order valence-electron chi connectivity index (χ1n) is 11.4. The van der Waals surface area contributed by atoms with E-state index in [1.54, 1.807) is 0 Å². The molecular formula is C28H37N3. The minimum atomic E-state index is 0.165. The minimum Gasteiger partial charge on any atom is -0.295 e. The van der Waals surface area contributed by atoms with Gasteiger partial charge < -0.3 is 0 Å². The number of rotatable bonds is 10. The Hall–Kier alpha value is -2.46. The maximum Gasteiger partial charge on any atom is 0.0590 e. The molecule has 0 aliphatic heterocycles. The van der Waals surface area contributed by atoms with Crippen molar-refractivity contribution in [1.29, 1.82) is 0 Å². The van der Waals surface area contributed by atoms with Crippen LogP contribution in [0.5, 0.6) is 0 Å². The van der Waals surface area contributed by atoms with E-state index in [1.165, 1.54) is 16.7 Å². The van der Waals surface area contributed by atoms with Crippen molar-refractivity contribution in [3.8, 4) is 0 Å². The molecule has 0 bridgehead atoms. The van der Waals surface area contributed by atoms with Crippen molar-refractivity contribution >= 4 is 0 Å². The molecule has 0 amide bonds. The average molecular weight is 416 g/mol. The summed E-state index contributed by atoms with van der Waals surface area (Å²) in [6, 6.07) is 33.0. The second kappa shape index (κ2) is 11.2. The summed E-state index contributed by atoms with van der Waals surface area (Å²) in [4.78, 5) is 2.57. The Bertz CT molecular complexity index is 836. The van der Waals surface area contributed by atoms with E-state index in [0.29, 0.717) is 0 Å². The summed E-state index contributed by atoms with van der Waals surface area (Å²) in [7, 11) is 0. The molecule has 0 heterocycles. The number of nitrogens with one attached hydrogen (secondary N) is 2. The molecule has 31 heavy (non-hydrogen) atoms. The van der Waals surface area contributed by atoms with Crippen LogP contribution in [0, 0.1) is 0 Å². The summed E-state index contributed by atoms with van der Waals surface area (Å²) in [5.41, 5.74) is 3.96. The third-order valence-electron chi connectivity index (χ3n) is 6.20. The van der Waals surface area contributed by atoms with E-state index in [4.69, 9.17) is 0 Å². The van der Waals surface area contributed by atoms with E-state index in [1.807, 2.05) is 0 Å². The molecule has 164 valence electrons. The maximum absolute atomic E-state index is 3.80. The predicted octanol–water partition coefficient (Wildman–Crippen LogP) is 6.44. The van der Waals surface area contributed by atoms with Crippen LogP contribution in [-0.2, 0) is 0 Å². The van der Waals surface area contributed by atoms with Crippen LogP contribution in [0.25, 0.3) is 0 Å². The zero-order valence-electron chi connectivity index (χ0n) is 19.5. The van der Waals surface area contributed by atoms with Crippen molar-refractivity contribution in [2.24, 2.45) is 0 Å². The molecule has 3 heteroatoms. The molecule has 3 aromatic carbocycles. The first-order valence-corrected chi connectivity index (χ1v) is 11.4. The molecule has 3 nitrogen and oxygen atoms in total. The van der Waals surface area contributed by atoms with Crippen molar-refractivity contribution in [2.45, 2.75) is 65.1 Å². The Kier molecular flexibility index (Phi) is 8.42. The van der Waals surface area contributed by atoms with E-state index in [9.17, 15) is 0 Å².